The van der Waals surface area contributed by atoms with Crippen LogP contribution in [-0.2, 0) is 0 Å². The molecular formula is C15H32N2O4. The Bertz CT molecular complexity index is 268. The zero-order valence-electron chi connectivity index (χ0n) is 12.8. The smallest absolute Gasteiger partial charge is 0.106 e. The summed E-state index contributed by atoms with van der Waals surface area (Å²) in [5, 5.41) is 41.9. The average Bonchev–Trinajstić information content (AvgIpc) is 2.48. The number of aliphatic hydroxyl groups is 4. The van der Waals surface area contributed by atoms with Gasteiger partial charge in [-0.25, -0.2) is 0 Å². The maximum atomic E-state index is 9.88. The van der Waals surface area contributed by atoms with Gasteiger partial charge in [0.25, 0.3) is 0 Å². The highest BCUT2D eigenvalue weighted by molar-refractivity contribution is 4.95. The van der Waals surface area contributed by atoms with Gasteiger partial charge < -0.3 is 31.5 Å². The Morgan fingerprint density at radius 2 is 1.52 bits per heavy atom. The van der Waals surface area contributed by atoms with Crippen LogP contribution in [0.15, 0.2) is 0 Å². The van der Waals surface area contributed by atoms with E-state index < -0.39 is 24.2 Å². The Balaban J connectivity index is 2.18. The van der Waals surface area contributed by atoms with Gasteiger partial charge in [0.2, 0.25) is 0 Å². The quantitative estimate of drug-likeness (QED) is 0.298. The molecule has 0 radical (unpaired) electrons. The molecular weight excluding hydrogens is 272 g/mol. The summed E-state index contributed by atoms with van der Waals surface area (Å²) >= 11 is 0. The summed E-state index contributed by atoms with van der Waals surface area (Å²) in [6.07, 6.45) is 4.05. The molecule has 0 saturated heterocycles. The average molecular weight is 304 g/mol. The van der Waals surface area contributed by atoms with Gasteiger partial charge in [-0.2, -0.15) is 0 Å². The minimum atomic E-state index is -1.16. The number of aliphatic hydroxyl groups excluding tert-OH is 4. The maximum absolute atomic E-state index is 9.88. The van der Waals surface area contributed by atoms with Crippen molar-refractivity contribution in [3.8, 4) is 0 Å². The molecule has 0 amide bonds. The van der Waals surface area contributed by atoms with E-state index in [1.807, 2.05) is 0 Å². The van der Waals surface area contributed by atoms with Crippen LogP contribution in [0.2, 0.25) is 0 Å². The first-order chi connectivity index (χ1) is 10.1. The van der Waals surface area contributed by atoms with Gasteiger partial charge in [-0.05, 0) is 32.4 Å². The molecule has 6 nitrogen and oxygen atoms in total. The largest absolute Gasteiger partial charge is 0.396 e. The number of nitrogens with one attached hydrogen (secondary N) is 1. The number of unbranched alkanes of at least 4 members (excludes halogenated alkanes) is 5. The monoisotopic (exact) mass is 304 g/mol. The Kier molecular flexibility index (Phi) is 9.39. The summed E-state index contributed by atoms with van der Waals surface area (Å²) in [5.41, 5.74) is 5.44. The fourth-order valence-corrected chi connectivity index (χ4v) is 3.03. The lowest BCUT2D eigenvalue weighted by Gasteiger charge is -2.40. The number of rotatable bonds is 10. The van der Waals surface area contributed by atoms with Gasteiger partial charge in [0.05, 0.1) is 12.2 Å². The molecule has 0 aromatic heterocycles. The first-order valence-corrected chi connectivity index (χ1v) is 8.20. The molecule has 1 fully saturated rings. The fraction of sp³-hybridized carbons (Fsp3) is 1.00. The van der Waals surface area contributed by atoms with Crippen molar-refractivity contribution in [1.82, 2.24) is 5.32 Å². The number of nitrogens with two attached hydrogens (primary N) is 1. The maximum Gasteiger partial charge on any atom is 0.106 e. The van der Waals surface area contributed by atoms with E-state index in [-0.39, 0.29) is 12.6 Å². The van der Waals surface area contributed by atoms with Crippen molar-refractivity contribution < 1.29 is 20.4 Å². The van der Waals surface area contributed by atoms with Crippen LogP contribution >= 0.6 is 0 Å². The standard InChI is InChI=1S/C15H32N2O4/c16-7-5-3-1-2-4-6-8-17-12-9-13(19)15(21)14(20)11(12)10-18/h11-15,17-21H,1-10,16H2/t11-,12+,13-,14+,15+/m0/s1. The Hall–Kier alpha value is -0.240. The Morgan fingerprint density at radius 1 is 0.905 bits per heavy atom. The summed E-state index contributed by atoms with van der Waals surface area (Å²) in [4.78, 5) is 0. The van der Waals surface area contributed by atoms with E-state index in [1.165, 1.54) is 19.3 Å². The molecule has 0 aromatic rings. The third kappa shape index (κ3) is 6.18. The summed E-state index contributed by atoms with van der Waals surface area (Å²) in [6.45, 7) is 1.37. The molecule has 21 heavy (non-hydrogen) atoms. The highest BCUT2D eigenvalue weighted by Gasteiger charge is 2.41. The van der Waals surface area contributed by atoms with E-state index in [9.17, 15) is 20.4 Å². The van der Waals surface area contributed by atoms with E-state index in [1.54, 1.807) is 0 Å². The lowest BCUT2D eigenvalue weighted by Crippen LogP contribution is -2.58. The molecule has 0 aromatic carbocycles. The van der Waals surface area contributed by atoms with Crippen molar-refractivity contribution in [2.24, 2.45) is 11.7 Å². The molecule has 0 spiro atoms. The predicted octanol–water partition coefficient (Wildman–Crippen LogP) is -0.661. The van der Waals surface area contributed by atoms with Gasteiger partial charge in [0.1, 0.15) is 6.10 Å². The van der Waals surface area contributed by atoms with Gasteiger partial charge >= 0.3 is 0 Å². The molecule has 0 heterocycles. The first kappa shape index (κ1) is 18.8. The van der Waals surface area contributed by atoms with Crippen LogP contribution in [0.25, 0.3) is 0 Å². The molecule has 0 aliphatic heterocycles. The summed E-state index contributed by atoms with van der Waals surface area (Å²) in [5.74, 6) is -0.423. The van der Waals surface area contributed by atoms with E-state index in [4.69, 9.17) is 5.73 Å². The second-order valence-electron chi connectivity index (χ2n) is 6.10. The highest BCUT2D eigenvalue weighted by atomic mass is 16.4. The van der Waals surface area contributed by atoms with Gasteiger partial charge in [0.15, 0.2) is 0 Å². The molecule has 1 rings (SSSR count). The van der Waals surface area contributed by atoms with Crippen LogP contribution in [0.5, 0.6) is 0 Å². The predicted molar refractivity (Wildman–Crippen MR) is 81.8 cm³/mol. The first-order valence-electron chi connectivity index (χ1n) is 8.20. The van der Waals surface area contributed by atoms with E-state index in [2.05, 4.69) is 5.32 Å². The number of hydrogen-bond acceptors (Lipinski definition) is 6. The van der Waals surface area contributed by atoms with E-state index >= 15 is 0 Å². The Morgan fingerprint density at radius 3 is 2.14 bits per heavy atom. The molecule has 1 aliphatic rings. The second kappa shape index (κ2) is 10.5. The third-order valence-corrected chi connectivity index (χ3v) is 4.44. The molecule has 126 valence electrons. The minimum Gasteiger partial charge on any atom is -0.396 e. The molecule has 0 bridgehead atoms. The van der Waals surface area contributed by atoms with E-state index in [0.717, 1.165) is 32.4 Å². The fourth-order valence-electron chi connectivity index (χ4n) is 3.03. The zero-order valence-corrected chi connectivity index (χ0v) is 12.8. The Labute approximate surface area is 127 Å². The van der Waals surface area contributed by atoms with Crippen LogP contribution in [0.4, 0.5) is 0 Å². The van der Waals surface area contributed by atoms with Gasteiger partial charge in [-0.15, -0.1) is 0 Å². The number of hydrogen-bond donors (Lipinski definition) is 6. The molecule has 5 atom stereocenters. The molecule has 7 N–H and O–H groups in total. The van der Waals surface area contributed by atoms with Gasteiger partial charge in [0, 0.05) is 18.6 Å². The minimum absolute atomic E-state index is 0.152. The summed E-state index contributed by atoms with van der Waals surface area (Å²) < 4.78 is 0. The third-order valence-electron chi connectivity index (χ3n) is 4.44. The van der Waals surface area contributed by atoms with Crippen molar-refractivity contribution in [2.75, 3.05) is 19.7 Å². The van der Waals surface area contributed by atoms with Crippen LogP contribution in [0, 0.1) is 5.92 Å². The van der Waals surface area contributed by atoms with Gasteiger partial charge in [-0.1, -0.05) is 25.7 Å². The molecule has 0 unspecified atom stereocenters. The topological polar surface area (TPSA) is 119 Å². The molecule has 6 heteroatoms. The lowest BCUT2D eigenvalue weighted by atomic mass is 9.79. The van der Waals surface area contributed by atoms with Crippen LogP contribution in [0.3, 0.4) is 0 Å². The van der Waals surface area contributed by atoms with Crippen LogP contribution < -0.4 is 11.1 Å². The van der Waals surface area contributed by atoms with Crippen molar-refractivity contribution in [2.45, 2.75) is 69.3 Å². The SMILES string of the molecule is NCCCCCCCCN[C@@H]1C[C@H](O)[C@@H](O)[C@H](O)[C@H]1CO. The molecule has 1 aliphatic carbocycles. The van der Waals surface area contributed by atoms with Crippen LogP contribution in [-0.4, -0.2) is 64.5 Å². The van der Waals surface area contributed by atoms with Crippen molar-refractivity contribution in [1.29, 1.82) is 0 Å². The summed E-state index contributed by atoms with van der Waals surface area (Å²) in [7, 11) is 0. The normalized spacial score (nSPS) is 33.3. The van der Waals surface area contributed by atoms with Crippen molar-refractivity contribution >= 4 is 0 Å². The van der Waals surface area contributed by atoms with Gasteiger partial charge in [-0.3, -0.25) is 0 Å². The van der Waals surface area contributed by atoms with Crippen molar-refractivity contribution in [3.05, 3.63) is 0 Å². The van der Waals surface area contributed by atoms with Crippen molar-refractivity contribution in [3.63, 3.8) is 0 Å². The summed E-state index contributed by atoms with van der Waals surface area (Å²) in [6, 6.07) is -0.152. The van der Waals surface area contributed by atoms with Crippen LogP contribution in [0.1, 0.15) is 44.9 Å². The zero-order chi connectivity index (χ0) is 15.7. The highest BCUT2D eigenvalue weighted by Crippen LogP contribution is 2.25. The molecule has 1 saturated carbocycles. The van der Waals surface area contributed by atoms with E-state index in [0.29, 0.717) is 6.42 Å². The lowest BCUT2D eigenvalue weighted by molar-refractivity contribution is -0.128. The second-order valence-corrected chi connectivity index (χ2v) is 6.10.